The van der Waals surface area contributed by atoms with Gasteiger partial charge in [0, 0.05) is 25.5 Å². The van der Waals surface area contributed by atoms with Crippen LogP contribution in [0.15, 0.2) is 48.5 Å². The van der Waals surface area contributed by atoms with Gasteiger partial charge in [-0.25, -0.2) is 4.98 Å². The van der Waals surface area contributed by atoms with E-state index < -0.39 is 6.36 Å². The van der Waals surface area contributed by atoms with Gasteiger partial charge in [-0.1, -0.05) is 24.3 Å². The number of rotatable bonds is 9. The Morgan fingerprint density at radius 1 is 0.971 bits per heavy atom. The van der Waals surface area contributed by atoms with Crippen LogP contribution in [0.3, 0.4) is 0 Å². The van der Waals surface area contributed by atoms with Gasteiger partial charge in [-0.05, 0) is 80.9 Å². The van der Waals surface area contributed by atoms with Crippen LogP contribution >= 0.6 is 0 Å². The lowest BCUT2D eigenvalue weighted by atomic mass is 9.86. The molecule has 0 amide bonds. The van der Waals surface area contributed by atoms with Crippen molar-refractivity contribution in [2.24, 2.45) is 5.92 Å². The summed E-state index contributed by atoms with van der Waals surface area (Å²) in [5.74, 6) is 2.02. The van der Waals surface area contributed by atoms with Crippen molar-refractivity contribution in [2.75, 3.05) is 37.4 Å². The molecule has 1 aliphatic carbocycles. The van der Waals surface area contributed by atoms with Crippen LogP contribution in [-0.2, 0) is 6.42 Å². The van der Waals surface area contributed by atoms with Gasteiger partial charge in [0.2, 0.25) is 5.95 Å². The maximum Gasteiger partial charge on any atom is 0.573 e. The number of aromatic nitrogens is 2. The molecule has 0 aliphatic heterocycles. The van der Waals surface area contributed by atoms with E-state index in [1.54, 1.807) is 12.1 Å². The number of benzene rings is 2. The Kier molecular flexibility index (Phi) is 7.95. The Hall–Kier alpha value is -3.07. The summed E-state index contributed by atoms with van der Waals surface area (Å²) in [5.41, 5.74) is 1.92. The molecule has 0 atom stereocenters. The molecule has 2 N–H and O–H groups in total. The summed E-state index contributed by atoms with van der Waals surface area (Å²) < 4.78 is 40.7. The Balaban J connectivity index is 1.19. The average molecular weight is 488 g/mol. The third-order valence-corrected chi connectivity index (χ3v) is 6.37. The zero-order valence-electron chi connectivity index (χ0n) is 20.1. The van der Waals surface area contributed by atoms with E-state index in [9.17, 15) is 13.2 Å². The number of ether oxygens (including phenoxy) is 1. The molecular formula is C26H32F3N5O. The number of hydrogen-bond donors (Lipinski definition) is 2. The monoisotopic (exact) mass is 487 g/mol. The minimum Gasteiger partial charge on any atom is -0.406 e. The molecule has 188 valence electrons. The normalized spacial score (nSPS) is 18.4. The summed E-state index contributed by atoms with van der Waals surface area (Å²) in [7, 11) is 3.99. The summed E-state index contributed by atoms with van der Waals surface area (Å²) in [4.78, 5) is 11.5. The topological polar surface area (TPSA) is 62.3 Å². The van der Waals surface area contributed by atoms with Crippen LogP contribution < -0.4 is 20.3 Å². The van der Waals surface area contributed by atoms with Crippen molar-refractivity contribution in [3.05, 3.63) is 54.1 Å². The number of para-hydroxylation sites is 1. The molecule has 1 aromatic heterocycles. The molecule has 0 unspecified atom stereocenters. The lowest BCUT2D eigenvalue weighted by molar-refractivity contribution is -0.274. The molecule has 2 aromatic carbocycles. The van der Waals surface area contributed by atoms with Gasteiger partial charge >= 0.3 is 6.36 Å². The molecule has 4 rings (SSSR count). The van der Waals surface area contributed by atoms with E-state index >= 15 is 0 Å². The number of nitrogens with zero attached hydrogens (tertiary/aromatic N) is 3. The third kappa shape index (κ3) is 7.21. The van der Waals surface area contributed by atoms with Crippen molar-refractivity contribution < 1.29 is 17.9 Å². The van der Waals surface area contributed by atoms with E-state index in [0.29, 0.717) is 17.9 Å². The first-order valence-corrected chi connectivity index (χ1v) is 12.0. The fourth-order valence-electron chi connectivity index (χ4n) is 4.56. The predicted molar refractivity (Wildman–Crippen MR) is 133 cm³/mol. The quantitative estimate of drug-likeness (QED) is 0.394. The van der Waals surface area contributed by atoms with Gasteiger partial charge in [0.05, 0.1) is 5.52 Å². The van der Waals surface area contributed by atoms with Gasteiger partial charge in [0.15, 0.2) is 0 Å². The smallest absolute Gasteiger partial charge is 0.406 e. The second-order valence-corrected chi connectivity index (χ2v) is 9.29. The Morgan fingerprint density at radius 2 is 1.69 bits per heavy atom. The molecule has 0 radical (unpaired) electrons. The van der Waals surface area contributed by atoms with Crippen LogP contribution in [0, 0.1) is 5.92 Å². The van der Waals surface area contributed by atoms with Gasteiger partial charge in [-0.15, -0.1) is 13.2 Å². The number of alkyl halides is 3. The standard InChI is InChI=1S/C26H32F3N5O/c1-34(2)24-22-5-3-4-6-23(22)32-25(33-24)31-20-11-7-19(8-12-20)17-30-16-15-18-9-13-21(14-10-18)35-26(27,28)29/h3-6,9-10,13-14,19-20,30H,7-8,11-12,15-17H2,1-2H3,(H,31,32,33). The number of halogens is 3. The van der Waals surface area contributed by atoms with Crippen molar-refractivity contribution in [3.63, 3.8) is 0 Å². The number of nitrogens with one attached hydrogen (secondary N) is 2. The maximum absolute atomic E-state index is 12.3. The summed E-state index contributed by atoms with van der Waals surface area (Å²) in [6.45, 7) is 1.73. The number of fused-ring (bicyclic) bond motifs is 1. The second-order valence-electron chi connectivity index (χ2n) is 9.29. The molecule has 6 nitrogen and oxygen atoms in total. The number of anilines is 2. The van der Waals surface area contributed by atoms with Crippen molar-refractivity contribution in [1.29, 1.82) is 0 Å². The molecule has 3 aromatic rings. The van der Waals surface area contributed by atoms with Gasteiger partial charge in [0.1, 0.15) is 11.6 Å². The van der Waals surface area contributed by atoms with Crippen LogP contribution in [0.1, 0.15) is 31.2 Å². The van der Waals surface area contributed by atoms with Crippen LogP contribution in [0.2, 0.25) is 0 Å². The fraction of sp³-hybridized carbons (Fsp3) is 0.462. The zero-order valence-corrected chi connectivity index (χ0v) is 20.1. The molecule has 1 saturated carbocycles. The van der Waals surface area contributed by atoms with E-state index in [4.69, 9.17) is 9.97 Å². The Morgan fingerprint density at radius 3 is 2.37 bits per heavy atom. The van der Waals surface area contributed by atoms with Crippen LogP contribution in [0.25, 0.3) is 10.9 Å². The largest absolute Gasteiger partial charge is 0.573 e. The van der Waals surface area contributed by atoms with Crippen molar-refractivity contribution in [3.8, 4) is 5.75 Å². The van der Waals surface area contributed by atoms with Crippen LogP contribution in [0.4, 0.5) is 24.9 Å². The first-order valence-electron chi connectivity index (χ1n) is 12.0. The van der Waals surface area contributed by atoms with E-state index in [0.717, 1.165) is 67.5 Å². The highest BCUT2D eigenvalue weighted by atomic mass is 19.4. The van der Waals surface area contributed by atoms with Gasteiger partial charge < -0.3 is 20.3 Å². The lowest BCUT2D eigenvalue weighted by Crippen LogP contribution is -2.32. The molecule has 1 fully saturated rings. The lowest BCUT2D eigenvalue weighted by Gasteiger charge is -2.29. The van der Waals surface area contributed by atoms with Crippen molar-refractivity contribution in [1.82, 2.24) is 15.3 Å². The molecule has 35 heavy (non-hydrogen) atoms. The van der Waals surface area contributed by atoms with Gasteiger partial charge in [-0.3, -0.25) is 0 Å². The highest BCUT2D eigenvalue weighted by molar-refractivity contribution is 5.90. The molecule has 1 heterocycles. The first-order chi connectivity index (χ1) is 16.8. The summed E-state index contributed by atoms with van der Waals surface area (Å²) in [5, 5.41) is 8.09. The van der Waals surface area contributed by atoms with E-state index in [1.165, 1.54) is 12.1 Å². The summed E-state index contributed by atoms with van der Waals surface area (Å²) in [6, 6.07) is 14.5. The van der Waals surface area contributed by atoms with Crippen molar-refractivity contribution >= 4 is 22.7 Å². The van der Waals surface area contributed by atoms with E-state index in [-0.39, 0.29) is 5.75 Å². The van der Waals surface area contributed by atoms with Gasteiger partial charge in [0.25, 0.3) is 0 Å². The minimum atomic E-state index is -4.66. The molecule has 0 saturated heterocycles. The zero-order chi connectivity index (χ0) is 24.8. The third-order valence-electron chi connectivity index (χ3n) is 6.37. The summed E-state index contributed by atoms with van der Waals surface area (Å²) >= 11 is 0. The second kappa shape index (κ2) is 11.1. The first kappa shape index (κ1) is 25.0. The SMILES string of the molecule is CN(C)c1nc(NC2CCC(CNCCc3ccc(OC(F)(F)F)cc3)CC2)nc2ccccc12. The van der Waals surface area contributed by atoms with E-state index in [1.807, 2.05) is 43.3 Å². The average Bonchev–Trinajstić information content (AvgIpc) is 2.82. The summed E-state index contributed by atoms with van der Waals surface area (Å²) in [6.07, 6.45) is 0.498. The Labute approximate surface area is 203 Å². The molecule has 0 bridgehead atoms. The molecule has 0 spiro atoms. The van der Waals surface area contributed by atoms with Gasteiger partial charge in [-0.2, -0.15) is 4.98 Å². The molecular weight excluding hydrogens is 455 g/mol. The van der Waals surface area contributed by atoms with Crippen LogP contribution in [0.5, 0.6) is 5.75 Å². The highest BCUT2D eigenvalue weighted by Gasteiger charge is 2.31. The Bertz CT molecular complexity index is 1100. The maximum atomic E-state index is 12.3. The number of hydrogen-bond acceptors (Lipinski definition) is 6. The highest BCUT2D eigenvalue weighted by Crippen LogP contribution is 2.28. The minimum absolute atomic E-state index is 0.188. The van der Waals surface area contributed by atoms with Crippen molar-refractivity contribution in [2.45, 2.75) is 44.5 Å². The van der Waals surface area contributed by atoms with Crippen LogP contribution in [-0.4, -0.2) is 49.6 Å². The molecule has 9 heteroatoms. The van der Waals surface area contributed by atoms with E-state index in [2.05, 4.69) is 15.4 Å². The molecule has 1 aliphatic rings. The predicted octanol–water partition coefficient (Wildman–Crippen LogP) is 5.40. The fourth-order valence-corrected chi connectivity index (χ4v) is 4.56.